The summed E-state index contributed by atoms with van der Waals surface area (Å²) in [7, 11) is 1.48. The smallest absolute Gasteiger partial charge is 0.323 e. The van der Waals surface area contributed by atoms with Crippen molar-refractivity contribution in [3.05, 3.63) is 0 Å². The first-order valence-electron chi connectivity index (χ1n) is 2.23. The van der Waals surface area contributed by atoms with E-state index in [0.29, 0.717) is 0 Å². The number of carboxylic acids is 1. The lowest BCUT2D eigenvalue weighted by molar-refractivity contribution is -0.140. The molecule has 0 spiro atoms. The largest absolute Gasteiger partial charge is 0.480 e. The minimum Gasteiger partial charge on any atom is -0.480 e. The summed E-state index contributed by atoms with van der Waals surface area (Å²) >= 11 is 0. The number of hydrogen-bond acceptors (Lipinski definition) is 4. The second-order valence-electron chi connectivity index (χ2n) is 1.36. The number of carbonyl (C=O) groups is 1. The van der Waals surface area contributed by atoms with Gasteiger partial charge in [-0.3, -0.25) is 4.79 Å². The number of hydrogen-bond donors (Lipinski definition) is 4. The van der Waals surface area contributed by atoms with Gasteiger partial charge in [-0.15, -0.1) is 0 Å². The van der Waals surface area contributed by atoms with Crippen molar-refractivity contribution in [2.24, 2.45) is 0 Å². The Kier molecular flexibility index (Phi) is 6.82. The Bertz CT molecular complexity index is 81.9. The van der Waals surface area contributed by atoms with Crippen LogP contribution >= 0.6 is 0 Å². The predicted octanol–water partition coefficient (Wildman–Crippen LogP) is -1.19. The molecule has 0 aliphatic heterocycles. The second kappa shape index (κ2) is 5.49. The Morgan fingerprint density at radius 3 is 2.22 bits per heavy atom. The van der Waals surface area contributed by atoms with E-state index in [-0.39, 0.29) is 12.8 Å². The third-order valence-corrected chi connectivity index (χ3v) is 0.829. The third kappa shape index (κ3) is 3.89. The van der Waals surface area contributed by atoms with E-state index in [1.807, 2.05) is 0 Å². The molecule has 56 valence electrons. The Hall–Kier alpha value is -0.650. The number of carboxylic acid groups (broad SMARTS) is 1. The topological polar surface area (TPSA) is 105 Å². The highest BCUT2D eigenvalue weighted by atomic mass is 16.4. The van der Waals surface area contributed by atoms with Crippen LogP contribution in [-0.2, 0) is 4.79 Å². The lowest BCUT2D eigenvalue weighted by atomic mass is 10.3. The number of likely N-dealkylation sites (N-methyl/N-ethyl adjacent to an activating group) is 1. The summed E-state index contributed by atoms with van der Waals surface area (Å²) in [6.07, 6.45) is 0. The molecule has 0 aromatic carbocycles. The molecule has 0 fully saturated rings. The minimum atomic E-state index is -1.03. The molecular formula is C4H12N2O3. The normalized spacial score (nSPS) is 11.8. The molecule has 0 aromatic rings. The van der Waals surface area contributed by atoms with Gasteiger partial charge >= 0.3 is 5.97 Å². The van der Waals surface area contributed by atoms with Gasteiger partial charge in [0.2, 0.25) is 0 Å². The van der Waals surface area contributed by atoms with Crippen molar-refractivity contribution in [3.63, 3.8) is 0 Å². The lowest BCUT2D eigenvalue weighted by Crippen LogP contribution is -2.36. The zero-order valence-electron chi connectivity index (χ0n) is 5.29. The maximum Gasteiger partial charge on any atom is 0.323 e. The molecule has 5 nitrogen and oxygen atoms in total. The molecule has 0 saturated heterocycles. The van der Waals surface area contributed by atoms with Gasteiger partial charge in [0.15, 0.2) is 0 Å². The summed E-state index contributed by atoms with van der Waals surface area (Å²) in [5.41, 5.74) is 0. The van der Waals surface area contributed by atoms with Crippen LogP contribution < -0.4 is 11.5 Å². The summed E-state index contributed by atoms with van der Waals surface area (Å²) in [6, 6.07) is -0.824. The number of aliphatic hydroxyl groups excluding tert-OH is 1. The van der Waals surface area contributed by atoms with Crippen molar-refractivity contribution in [2.45, 2.75) is 6.04 Å². The van der Waals surface area contributed by atoms with E-state index >= 15 is 0 Å². The highest BCUT2D eigenvalue weighted by Crippen LogP contribution is 1.76. The molecule has 6 N–H and O–H groups in total. The van der Waals surface area contributed by atoms with Crippen molar-refractivity contribution >= 4 is 5.97 Å². The van der Waals surface area contributed by atoms with Crippen molar-refractivity contribution in [1.82, 2.24) is 11.5 Å². The number of aliphatic carboxylic acids is 1. The summed E-state index contributed by atoms with van der Waals surface area (Å²) in [5.74, 6) is -1.03. The first-order chi connectivity index (χ1) is 3.72. The highest BCUT2D eigenvalue weighted by Gasteiger charge is 2.11. The molecule has 5 heteroatoms. The van der Waals surface area contributed by atoms with Crippen LogP contribution in [0.25, 0.3) is 0 Å². The second-order valence-corrected chi connectivity index (χ2v) is 1.36. The molecule has 0 unspecified atom stereocenters. The van der Waals surface area contributed by atoms with Gasteiger partial charge in [0.1, 0.15) is 6.04 Å². The van der Waals surface area contributed by atoms with Crippen molar-refractivity contribution in [1.29, 1.82) is 0 Å². The van der Waals surface area contributed by atoms with Crippen molar-refractivity contribution < 1.29 is 15.0 Å². The van der Waals surface area contributed by atoms with Gasteiger partial charge in [0.05, 0.1) is 6.61 Å². The van der Waals surface area contributed by atoms with Crippen LogP contribution in [0.3, 0.4) is 0 Å². The molecule has 9 heavy (non-hydrogen) atoms. The monoisotopic (exact) mass is 136 g/mol. The average molecular weight is 136 g/mol. The standard InChI is InChI=1S/C4H9NO3.H3N/c1-5-3(2-6)4(7)8;/h3,5-6H,2H2,1H3,(H,7,8);1H3/t3-;/m0./s1. The van der Waals surface area contributed by atoms with E-state index in [1.54, 1.807) is 0 Å². The maximum absolute atomic E-state index is 9.94. The fourth-order valence-electron chi connectivity index (χ4n) is 0.293. The van der Waals surface area contributed by atoms with Gasteiger partial charge in [-0.25, -0.2) is 0 Å². The Morgan fingerprint density at radius 1 is 1.78 bits per heavy atom. The Morgan fingerprint density at radius 2 is 2.22 bits per heavy atom. The number of rotatable bonds is 3. The SMILES string of the molecule is CN[C@@H](CO)C(=O)O.N. The lowest BCUT2D eigenvalue weighted by Gasteiger charge is -2.04. The van der Waals surface area contributed by atoms with E-state index in [2.05, 4.69) is 5.32 Å². The first kappa shape index (κ1) is 11.2. The molecular weight excluding hydrogens is 124 g/mol. The Labute approximate surface area is 53.3 Å². The van der Waals surface area contributed by atoms with E-state index in [9.17, 15) is 4.79 Å². The summed E-state index contributed by atoms with van der Waals surface area (Å²) in [5, 5.41) is 18.8. The fraction of sp³-hybridized carbons (Fsp3) is 0.750. The van der Waals surface area contributed by atoms with Crippen molar-refractivity contribution in [3.8, 4) is 0 Å². The molecule has 1 atom stereocenters. The zero-order chi connectivity index (χ0) is 6.57. The van der Waals surface area contributed by atoms with Gasteiger partial charge in [0, 0.05) is 0 Å². The van der Waals surface area contributed by atoms with Crippen molar-refractivity contribution in [2.75, 3.05) is 13.7 Å². The maximum atomic E-state index is 9.94. The molecule has 0 aromatic heterocycles. The van der Waals surface area contributed by atoms with Gasteiger partial charge in [-0.05, 0) is 7.05 Å². The third-order valence-electron chi connectivity index (χ3n) is 0.829. The molecule has 0 radical (unpaired) electrons. The zero-order valence-corrected chi connectivity index (χ0v) is 5.29. The molecule has 0 heterocycles. The van der Waals surface area contributed by atoms with Gasteiger partial charge in [0.25, 0.3) is 0 Å². The van der Waals surface area contributed by atoms with Gasteiger partial charge < -0.3 is 21.7 Å². The highest BCUT2D eigenvalue weighted by molar-refractivity contribution is 5.73. The van der Waals surface area contributed by atoms with Crippen LogP contribution in [0.15, 0.2) is 0 Å². The van der Waals surface area contributed by atoms with Crippen LogP contribution in [0.5, 0.6) is 0 Å². The van der Waals surface area contributed by atoms with Crippen LogP contribution in [0, 0.1) is 0 Å². The summed E-state index contributed by atoms with van der Waals surface area (Å²) in [4.78, 5) is 9.94. The Balaban J connectivity index is 0. The molecule has 0 saturated carbocycles. The quantitative estimate of drug-likeness (QED) is 0.390. The van der Waals surface area contributed by atoms with Crippen LogP contribution in [0.1, 0.15) is 0 Å². The fourth-order valence-corrected chi connectivity index (χ4v) is 0.293. The molecule has 0 rings (SSSR count). The van der Waals surface area contributed by atoms with E-state index < -0.39 is 12.0 Å². The summed E-state index contributed by atoms with van der Waals surface area (Å²) < 4.78 is 0. The van der Waals surface area contributed by atoms with E-state index in [1.165, 1.54) is 7.05 Å². The van der Waals surface area contributed by atoms with Crippen LogP contribution in [0.2, 0.25) is 0 Å². The van der Waals surface area contributed by atoms with Gasteiger partial charge in [-0.1, -0.05) is 0 Å². The minimum absolute atomic E-state index is 0. The molecule has 0 amide bonds. The number of nitrogens with one attached hydrogen (secondary N) is 1. The average Bonchev–Trinajstić information content (AvgIpc) is 1.69. The van der Waals surface area contributed by atoms with Crippen LogP contribution in [-0.4, -0.2) is 35.9 Å². The molecule has 0 bridgehead atoms. The first-order valence-corrected chi connectivity index (χ1v) is 2.23. The van der Waals surface area contributed by atoms with E-state index in [0.717, 1.165) is 0 Å². The molecule has 0 aliphatic carbocycles. The summed E-state index contributed by atoms with van der Waals surface area (Å²) in [6.45, 7) is -0.369. The van der Waals surface area contributed by atoms with Crippen LogP contribution in [0.4, 0.5) is 0 Å². The van der Waals surface area contributed by atoms with Gasteiger partial charge in [-0.2, -0.15) is 0 Å². The van der Waals surface area contributed by atoms with E-state index in [4.69, 9.17) is 10.2 Å². The number of aliphatic hydroxyl groups is 1. The predicted molar refractivity (Wildman–Crippen MR) is 32.6 cm³/mol. The molecule has 0 aliphatic rings.